The molecule has 1 N–H and O–H groups in total. The summed E-state index contributed by atoms with van der Waals surface area (Å²) in [6, 6.07) is 8.23. The normalized spacial score (nSPS) is 11.4. The summed E-state index contributed by atoms with van der Waals surface area (Å²) < 4.78 is 41.2. The van der Waals surface area contributed by atoms with Crippen LogP contribution in [-0.4, -0.2) is 25.2 Å². The summed E-state index contributed by atoms with van der Waals surface area (Å²) in [5, 5.41) is 1.30. The van der Waals surface area contributed by atoms with Gasteiger partial charge in [-0.1, -0.05) is 18.2 Å². The summed E-state index contributed by atoms with van der Waals surface area (Å²) in [6.07, 6.45) is -4.96. The number of alkyl halides is 3. The third-order valence-electron chi connectivity index (χ3n) is 2.50. The fourth-order valence-corrected chi connectivity index (χ4v) is 1.57. The van der Waals surface area contributed by atoms with Crippen LogP contribution in [0.1, 0.15) is 0 Å². The molecule has 0 spiro atoms. The molecule has 2 aromatic rings. The lowest BCUT2D eigenvalue weighted by Gasteiger charge is -2.14. The summed E-state index contributed by atoms with van der Waals surface area (Å²) in [7, 11) is 1.15. The fourth-order valence-electron chi connectivity index (χ4n) is 1.57. The molecule has 0 saturated heterocycles. The number of fused-ring (bicyclic) bond motifs is 1. The second kappa shape index (κ2) is 4.87. The summed E-state index contributed by atoms with van der Waals surface area (Å²) in [5.74, 6) is -3.17. The van der Waals surface area contributed by atoms with Gasteiger partial charge >= 0.3 is 18.1 Å². The Balaban J connectivity index is 2.20. The van der Waals surface area contributed by atoms with Crippen molar-refractivity contribution >= 4 is 28.7 Å². The van der Waals surface area contributed by atoms with Crippen molar-refractivity contribution in [1.82, 2.24) is 5.32 Å². The van der Waals surface area contributed by atoms with Gasteiger partial charge in [-0.25, -0.2) is 0 Å². The second-order valence-corrected chi connectivity index (χ2v) is 3.94. The molecular weight excluding hydrogens is 277 g/mol. The Morgan fingerprint density at radius 2 is 1.90 bits per heavy atom. The van der Waals surface area contributed by atoms with Gasteiger partial charge in [0.1, 0.15) is 5.58 Å². The van der Waals surface area contributed by atoms with Gasteiger partial charge in [-0.2, -0.15) is 13.2 Å². The second-order valence-electron chi connectivity index (χ2n) is 3.94. The number of carbonyl (C=O) groups excluding carboxylic acids is 2. The van der Waals surface area contributed by atoms with Gasteiger partial charge in [-0.15, -0.1) is 0 Å². The van der Waals surface area contributed by atoms with Gasteiger partial charge in [0.25, 0.3) is 0 Å². The Labute approximate surface area is 110 Å². The number of amides is 2. The monoisotopic (exact) mass is 286 g/mol. The number of hydrogen-bond donors (Lipinski definition) is 1. The molecule has 0 fully saturated rings. The Kier molecular flexibility index (Phi) is 3.39. The summed E-state index contributed by atoms with van der Waals surface area (Å²) >= 11 is 0. The van der Waals surface area contributed by atoms with Crippen molar-refractivity contribution in [3.8, 4) is 0 Å². The Morgan fingerprint density at radius 3 is 2.50 bits per heavy atom. The average Bonchev–Trinajstić information content (AvgIpc) is 2.78. The minimum atomic E-state index is -4.96. The minimum Gasteiger partial charge on any atom is -0.440 e. The highest BCUT2D eigenvalue weighted by Crippen LogP contribution is 2.25. The number of halogens is 3. The highest BCUT2D eigenvalue weighted by atomic mass is 19.4. The van der Waals surface area contributed by atoms with Crippen LogP contribution in [0.4, 0.5) is 19.1 Å². The molecule has 1 aromatic heterocycles. The molecule has 0 saturated carbocycles. The predicted molar refractivity (Wildman–Crippen MR) is 63.8 cm³/mol. The van der Waals surface area contributed by atoms with E-state index in [-0.39, 0.29) is 5.88 Å². The maximum absolute atomic E-state index is 12.0. The zero-order valence-electron chi connectivity index (χ0n) is 10.2. The number of furan rings is 1. The predicted octanol–water partition coefficient (Wildman–Crippen LogP) is 2.03. The number of likely N-dealkylation sites (N-methyl/N-ethyl adjacent to an activating group) is 1. The largest absolute Gasteiger partial charge is 0.484 e. The van der Waals surface area contributed by atoms with Gasteiger partial charge in [0.2, 0.25) is 5.88 Å². The van der Waals surface area contributed by atoms with Crippen LogP contribution in [0.5, 0.6) is 0 Å². The number of nitrogens with one attached hydrogen (secondary N) is 1. The van der Waals surface area contributed by atoms with Gasteiger partial charge in [0.05, 0.1) is 0 Å². The van der Waals surface area contributed by atoms with E-state index in [1.54, 1.807) is 24.3 Å². The van der Waals surface area contributed by atoms with E-state index in [9.17, 15) is 22.8 Å². The van der Waals surface area contributed by atoms with Gasteiger partial charge in [0, 0.05) is 18.5 Å². The van der Waals surface area contributed by atoms with Crippen LogP contribution in [-0.2, 0) is 9.59 Å². The van der Waals surface area contributed by atoms with Crippen LogP contribution in [0.2, 0.25) is 0 Å². The molecule has 1 heterocycles. The van der Waals surface area contributed by atoms with Crippen LogP contribution in [0, 0.1) is 0 Å². The lowest BCUT2D eigenvalue weighted by molar-refractivity contribution is -0.172. The molecule has 2 rings (SSSR count). The van der Waals surface area contributed by atoms with Crippen molar-refractivity contribution in [2.75, 3.05) is 11.9 Å². The third kappa shape index (κ3) is 2.90. The summed E-state index contributed by atoms with van der Waals surface area (Å²) in [6.45, 7) is 0. The molecule has 2 amide bonds. The first-order valence-corrected chi connectivity index (χ1v) is 5.43. The van der Waals surface area contributed by atoms with E-state index in [1.165, 1.54) is 6.07 Å². The van der Waals surface area contributed by atoms with Crippen LogP contribution in [0.3, 0.4) is 0 Å². The molecule has 0 bridgehead atoms. The lowest BCUT2D eigenvalue weighted by Crippen LogP contribution is -2.46. The van der Waals surface area contributed by atoms with Gasteiger partial charge in [0.15, 0.2) is 0 Å². The first-order valence-electron chi connectivity index (χ1n) is 5.43. The molecule has 5 nitrogen and oxygen atoms in total. The molecule has 0 atom stereocenters. The van der Waals surface area contributed by atoms with Crippen molar-refractivity contribution in [2.45, 2.75) is 6.30 Å². The van der Waals surface area contributed by atoms with E-state index in [4.69, 9.17) is 4.42 Å². The number of carbonyl (C=O) groups is 2. The molecule has 0 aliphatic heterocycles. The van der Waals surface area contributed by atoms with Gasteiger partial charge in [-0.05, 0) is 6.07 Å². The molecule has 20 heavy (non-hydrogen) atoms. The number of hydrogen-bond acceptors (Lipinski definition) is 3. The molecule has 0 radical (unpaired) electrons. The van der Waals surface area contributed by atoms with Crippen molar-refractivity contribution in [2.24, 2.45) is 0 Å². The van der Waals surface area contributed by atoms with E-state index in [1.807, 2.05) is 0 Å². The first-order chi connectivity index (χ1) is 9.28. The Morgan fingerprint density at radius 1 is 1.25 bits per heavy atom. The van der Waals surface area contributed by atoms with Crippen molar-refractivity contribution in [3.63, 3.8) is 0 Å². The Hall–Kier alpha value is -2.51. The molecule has 0 aliphatic carbocycles. The minimum absolute atomic E-state index is 0.0199. The number of rotatable bonds is 1. The van der Waals surface area contributed by atoms with Crippen molar-refractivity contribution < 1.29 is 27.2 Å². The summed E-state index contributed by atoms with van der Waals surface area (Å²) in [5.41, 5.74) is 0.457. The molecule has 0 unspecified atom stereocenters. The number of benzene rings is 1. The van der Waals surface area contributed by atoms with Gasteiger partial charge < -0.3 is 4.42 Å². The third-order valence-corrected chi connectivity index (χ3v) is 2.50. The molecule has 0 aliphatic rings. The maximum Gasteiger partial charge on any atom is 0.484 e. The van der Waals surface area contributed by atoms with E-state index in [0.717, 1.165) is 7.05 Å². The van der Waals surface area contributed by atoms with E-state index < -0.39 is 18.1 Å². The Bertz CT molecular complexity index is 630. The zero-order chi connectivity index (χ0) is 14.9. The van der Waals surface area contributed by atoms with Crippen molar-refractivity contribution in [3.05, 3.63) is 30.3 Å². The lowest BCUT2D eigenvalue weighted by atomic mass is 10.2. The topological polar surface area (TPSA) is 62.6 Å². The average molecular weight is 286 g/mol. The van der Waals surface area contributed by atoms with E-state index in [2.05, 4.69) is 0 Å². The van der Waals surface area contributed by atoms with Crippen LogP contribution in [0.25, 0.3) is 11.0 Å². The van der Waals surface area contributed by atoms with E-state index >= 15 is 0 Å². The SMILES string of the molecule is CN(C(=O)C(=O)NC(F)(F)F)c1cc2ccccc2o1. The number of para-hydroxylation sites is 1. The van der Waals surface area contributed by atoms with Crippen LogP contribution >= 0.6 is 0 Å². The van der Waals surface area contributed by atoms with E-state index in [0.29, 0.717) is 21.2 Å². The zero-order valence-corrected chi connectivity index (χ0v) is 10.2. The highest BCUT2D eigenvalue weighted by Gasteiger charge is 2.34. The maximum atomic E-state index is 12.0. The van der Waals surface area contributed by atoms with Crippen molar-refractivity contribution in [1.29, 1.82) is 0 Å². The number of nitrogens with zero attached hydrogens (tertiary/aromatic N) is 1. The quantitative estimate of drug-likeness (QED) is 0.644. The fraction of sp³-hybridized carbons (Fsp3) is 0.167. The highest BCUT2D eigenvalue weighted by molar-refractivity contribution is 6.40. The van der Waals surface area contributed by atoms with Gasteiger partial charge in [-0.3, -0.25) is 19.8 Å². The molecule has 1 aromatic carbocycles. The molecule has 106 valence electrons. The molecule has 8 heteroatoms. The standard InChI is InChI=1S/C12H9F3N2O3/c1-17(11(19)10(18)16-12(13,14)15)9-6-7-4-2-3-5-8(7)20-9/h2-6H,1H3,(H,16,18). The smallest absolute Gasteiger partial charge is 0.440 e. The number of anilines is 1. The summed E-state index contributed by atoms with van der Waals surface area (Å²) in [4.78, 5) is 23.4. The van der Waals surface area contributed by atoms with Crippen LogP contribution in [0.15, 0.2) is 34.7 Å². The first kappa shape index (κ1) is 13.9. The molecular formula is C12H9F3N2O3. The van der Waals surface area contributed by atoms with Crippen LogP contribution < -0.4 is 10.2 Å².